The second-order valence-corrected chi connectivity index (χ2v) is 5.74. The lowest BCUT2D eigenvalue weighted by atomic mass is 10.2. The summed E-state index contributed by atoms with van der Waals surface area (Å²) in [5.74, 6) is 1.52. The maximum absolute atomic E-state index is 6.16. The zero-order chi connectivity index (χ0) is 15.5. The lowest BCUT2D eigenvalue weighted by Gasteiger charge is -2.28. The Labute approximate surface area is 135 Å². The van der Waals surface area contributed by atoms with E-state index in [0.29, 0.717) is 5.95 Å². The number of ether oxygens (including phenoxy) is 1. The minimum absolute atomic E-state index is 0.590. The van der Waals surface area contributed by atoms with Gasteiger partial charge in [-0.15, -0.1) is 0 Å². The molecule has 2 heterocycles. The van der Waals surface area contributed by atoms with Gasteiger partial charge in [0.05, 0.1) is 13.2 Å². The van der Waals surface area contributed by atoms with Crippen molar-refractivity contribution >= 4 is 29.1 Å². The second-order valence-electron chi connectivity index (χ2n) is 5.33. The summed E-state index contributed by atoms with van der Waals surface area (Å²) in [5, 5.41) is 4.00. The topological polar surface area (TPSA) is 50.3 Å². The molecule has 5 nitrogen and oxygen atoms in total. The van der Waals surface area contributed by atoms with Crippen LogP contribution < -0.4 is 10.2 Å². The minimum Gasteiger partial charge on any atom is -0.378 e. The van der Waals surface area contributed by atoms with E-state index < -0.39 is 0 Å². The zero-order valence-electron chi connectivity index (χ0n) is 12.8. The van der Waals surface area contributed by atoms with Gasteiger partial charge in [0.25, 0.3) is 0 Å². The minimum atomic E-state index is 0.590. The molecule has 0 bridgehead atoms. The van der Waals surface area contributed by atoms with E-state index in [4.69, 9.17) is 16.3 Å². The van der Waals surface area contributed by atoms with Crippen LogP contribution in [0.5, 0.6) is 0 Å². The smallest absolute Gasteiger partial charge is 0.229 e. The summed E-state index contributed by atoms with van der Waals surface area (Å²) in [6.07, 6.45) is 0. The average Bonchev–Trinajstić information content (AvgIpc) is 2.52. The molecule has 1 aliphatic heterocycles. The van der Waals surface area contributed by atoms with Crippen LogP contribution in [0.3, 0.4) is 0 Å². The largest absolute Gasteiger partial charge is 0.378 e. The van der Waals surface area contributed by atoms with Crippen LogP contribution in [-0.2, 0) is 4.74 Å². The number of aromatic nitrogens is 2. The van der Waals surface area contributed by atoms with E-state index in [1.165, 1.54) is 0 Å². The molecule has 1 aromatic carbocycles. The van der Waals surface area contributed by atoms with Crippen molar-refractivity contribution < 1.29 is 4.74 Å². The lowest BCUT2D eigenvalue weighted by molar-refractivity contribution is 0.122. The summed E-state index contributed by atoms with van der Waals surface area (Å²) >= 11 is 6.16. The number of nitrogens with zero attached hydrogens (tertiary/aromatic N) is 3. The highest BCUT2D eigenvalue weighted by atomic mass is 35.5. The number of morpholine rings is 1. The van der Waals surface area contributed by atoms with Gasteiger partial charge >= 0.3 is 0 Å². The van der Waals surface area contributed by atoms with E-state index in [9.17, 15) is 0 Å². The Bertz CT molecular complexity index is 671. The number of aryl methyl sites for hydroxylation is 1. The quantitative estimate of drug-likeness (QED) is 0.940. The van der Waals surface area contributed by atoms with Crippen molar-refractivity contribution in [2.75, 3.05) is 36.5 Å². The molecule has 1 aliphatic rings. The molecule has 0 spiro atoms. The fourth-order valence-corrected chi connectivity index (χ4v) is 2.60. The van der Waals surface area contributed by atoms with Crippen LogP contribution >= 0.6 is 11.6 Å². The van der Waals surface area contributed by atoms with Gasteiger partial charge in [0.1, 0.15) is 5.82 Å². The van der Waals surface area contributed by atoms with Crippen molar-refractivity contribution in [2.45, 2.75) is 13.8 Å². The lowest BCUT2D eigenvalue weighted by Crippen LogP contribution is -2.36. The van der Waals surface area contributed by atoms with Crippen LogP contribution in [0.15, 0.2) is 24.3 Å². The molecule has 0 saturated carbocycles. The molecular formula is C16H19ClN4O. The van der Waals surface area contributed by atoms with Gasteiger partial charge in [0.15, 0.2) is 0 Å². The Balaban J connectivity index is 1.87. The molecule has 0 atom stereocenters. The van der Waals surface area contributed by atoms with E-state index in [0.717, 1.165) is 54.1 Å². The van der Waals surface area contributed by atoms with Gasteiger partial charge in [0, 0.05) is 35.6 Å². The summed E-state index contributed by atoms with van der Waals surface area (Å²) in [5.41, 5.74) is 2.84. The van der Waals surface area contributed by atoms with Crippen LogP contribution in [0.4, 0.5) is 17.5 Å². The van der Waals surface area contributed by atoms with Crippen molar-refractivity contribution in [3.63, 3.8) is 0 Å². The van der Waals surface area contributed by atoms with E-state index in [2.05, 4.69) is 20.2 Å². The van der Waals surface area contributed by atoms with E-state index in [1.807, 2.05) is 38.1 Å². The van der Waals surface area contributed by atoms with Gasteiger partial charge in [-0.2, -0.15) is 4.98 Å². The Morgan fingerprint density at radius 1 is 1.18 bits per heavy atom. The molecule has 1 saturated heterocycles. The average molecular weight is 319 g/mol. The first kappa shape index (κ1) is 15.1. The van der Waals surface area contributed by atoms with Gasteiger partial charge in [-0.1, -0.05) is 17.7 Å². The molecule has 0 radical (unpaired) electrons. The monoisotopic (exact) mass is 318 g/mol. The molecule has 2 aromatic rings. The predicted molar refractivity (Wildman–Crippen MR) is 89.3 cm³/mol. The van der Waals surface area contributed by atoms with Crippen LogP contribution in [0.2, 0.25) is 5.02 Å². The van der Waals surface area contributed by atoms with Crippen LogP contribution in [0.1, 0.15) is 11.3 Å². The fraction of sp³-hybridized carbons (Fsp3) is 0.375. The standard InChI is InChI=1S/C16H19ClN4O/c1-11-10-15(21-6-8-22-9-7-21)20-16(18-11)19-14-5-3-4-13(17)12(14)2/h3-5,10H,6-9H2,1-2H3,(H,18,19,20). The highest BCUT2D eigenvalue weighted by Gasteiger charge is 2.14. The second kappa shape index (κ2) is 6.50. The van der Waals surface area contributed by atoms with Gasteiger partial charge in [0.2, 0.25) is 5.95 Å². The molecule has 1 fully saturated rings. The van der Waals surface area contributed by atoms with E-state index in [-0.39, 0.29) is 0 Å². The summed E-state index contributed by atoms with van der Waals surface area (Å²) in [7, 11) is 0. The molecule has 0 unspecified atom stereocenters. The number of nitrogens with one attached hydrogen (secondary N) is 1. The van der Waals surface area contributed by atoms with Crippen LogP contribution in [0.25, 0.3) is 0 Å². The number of halogens is 1. The first-order valence-electron chi connectivity index (χ1n) is 7.34. The number of hydrogen-bond donors (Lipinski definition) is 1. The van der Waals surface area contributed by atoms with Crippen molar-refractivity contribution in [3.8, 4) is 0 Å². The summed E-state index contributed by atoms with van der Waals surface area (Å²) in [6, 6.07) is 7.76. The SMILES string of the molecule is Cc1cc(N2CCOCC2)nc(Nc2cccc(Cl)c2C)n1. The third kappa shape index (κ3) is 3.31. The van der Waals surface area contributed by atoms with Gasteiger partial charge < -0.3 is 15.0 Å². The summed E-state index contributed by atoms with van der Waals surface area (Å²) < 4.78 is 5.39. The third-order valence-electron chi connectivity index (χ3n) is 3.69. The highest BCUT2D eigenvalue weighted by molar-refractivity contribution is 6.31. The molecule has 1 aromatic heterocycles. The van der Waals surface area contributed by atoms with Crippen molar-refractivity contribution in [1.82, 2.24) is 9.97 Å². The first-order chi connectivity index (χ1) is 10.6. The number of hydrogen-bond acceptors (Lipinski definition) is 5. The summed E-state index contributed by atoms with van der Waals surface area (Å²) in [6.45, 7) is 7.13. The number of benzene rings is 1. The van der Waals surface area contributed by atoms with Gasteiger partial charge in [-0.05, 0) is 31.5 Å². The number of rotatable bonds is 3. The maximum Gasteiger partial charge on any atom is 0.229 e. The maximum atomic E-state index is 6.16. The molecule has 6 heteroatoms. The summed E-state index contributed by atoms with van der Waals surface area (Å²) in [4.78, 5) is 11.3. The molecule has 22 heavy (non-hydrogen) atoms. The molecule has 3 rings (SSSR count). The zero-order valence-corrected chi connectivity index (χ0v) is 13.5. The molecule has 1 N–H and O–H groups in total. The molecule has 116 valence electrons. The first-order valence-corrected chi connectivity index (χ1v) is 7.72. The third-order valence-corrected chi connectivity index (χ3v) is 4.10. The van der Waals surface area contributed by atoms with Crippen LogP contribution in [0, 0.1) is 13.8 Å². The van der Waals surface area contributed by atoms with Crippen molar-refractivity contribution in [3.05, 3.63) is 40.5 Å². The van der Waals surface area contributed by atoms with Gasteiger partial charge in [-0.25, -0.2) is 4.98 Å². The predicted octanol–water partition coefficient (Wildman–Crippen LogP) is 3.33. The normalized spacial score (nSPS) is 15.0. The molecular weight excluding hydrogens is 300 g/mol. The van der Waals surface area contributed by atoms with Crippen molar-refractivity contribution in [2.24, 2.45) is 0 Å². The Morgan fingerprint density at radius 3 is 2.73 bits per heavy atom. The van der Waals surface area contributed by atoms with Gasteiger partial charge in [-0.3, -0.25) is 0 Å². The van der Waals surface area contributed by atoms with Crippen molar-refractivity contribution in [1.29, 1.82) is 0 Å². The highest BCUT2D eigenvalue weighted by Crippen LogP contribution is 2.26. The Kier molecular flexibility index (Phi) is 4.45. The number of anilines is 3. The van der Waals surface area contributed by atoms with E-state index in [1.54, 1.807) is 0 Å². The van der Waals surface area contributed by atoms with E-state index >= 15 is 0 Å². The van der Waals surface area contributed by atoms with Crippen LogP contribution in [-0.4, -0.2) is 36.3 Å². The molecule has 0 amide bonds. The molecule has 0 aliphatic carbocycles. The fourth-order valence-electron chi connectivity index (χ4n) is 2.43. The Hall–Kier alpha value is -1.85. The Morgan fingerprint density at radius 2 is 1.95 bits per heavy atom.